The van der Waals surface area contributed by atoms with Crippen molar-refractivity contribution in [3.63, 3.8) is 0 Å². The number of carbonyl (C=O) groups is 1. The van der Waals surface area contributed by atoms with Gasteiger partial charge in [-0.15, -0.1) is 0 Å². The van der Waals surface area contributed by atoms with E-state index in [1.807, 2.05) is 0 Å². The van der Waals surface area contributed by atoms with Crippen molar-refractivity contribution in [2.45, 2.75) is 6.61 Å². The highest BCUT2D eigenvalue weighted by molar-refractivity contribution is 5.89. The number of hydrogen-bond donors (Lipinski definition) is 2. The van der Waals surface area contributed by atoms with Gasteiger partial charge in [-0.3, -0.25) is 4.79 Å². The molecule has 0 aromatic carbocycles. The van der Waals surface area contributed by atoms with Gasteiger partial charge in [-0.25, -0.2) is 4.79 Å². The van der Waals surface area contributed by atoms with Gasteiger partial charge in [-0.1, -0.05) is 0 Å². The van der Waals surface area contributed by atoms with Crippen LogP contribution in [-0.2, 0) is 6.61 Å². The van der Waals surface area contributed by atoms with E-state index in [4.69, 9.17) is 14.3 Å². The van der Waals surface area contributed by atoms with Gasteiger partial charge in [0.15, 0.2) is 5.76 Å². The van der Waals surface area contributed by atoms with E-state index in [2.05, 4.69) is 4.98 Å². The van der Waals surface area contributed by atoms with Crippen LogP contribution in [0.2, 0.25) is 0 Å². The quantitative estimate of drug-likeness (QED) is 0.763. The molecule has 0 bridgehead atoms. The van der Waals surface area contributed by atoms with Crippen LogP contribution in [0.5, 0.6) is 5.75 Å². The number of aromatic nitrogens is 1. The third-order valence-electron chi connectivity index (χ3n) is 2.06. The van der Waals surface area contributed by atoms with E-state index in [9.17, 15) is 9.59 Å². The molecule has 6 nitrogen and oxygen atoms in total. The molecule has 0 aliphatic heterocycles. The van der Waals surface area contributed by atoms with Gasteiger partial charge in [0.1, 0.15) is 12.3 Å². The first kappa shape index (κ1) is 11.2. The normalized spacial score (nSPS) is 10.2. The van der Waals surface area contributed by atoms with Crippen LogP contribution < -0.4 is 10.2 Å². The first-order valence-corrected chi connectivity index (χ1v) is 4.79. The maximum absolute atomic E-state index is 11.6. The second-order valence-corrected chi connectivity index (χ2v) is 3.17. The number of esters is 1. The Hall–Kier alpha value is -2.34. The molecule has 0 amide bonds. The molecule has 0 saturated heterocycles. The predicted molar refractivity (Wildman–Crippen MR) is 56.7 cm³/mol. The van der Waals surface area contributed by atoms with Crippen LogP contribution in [0.1, 0.15) is 16.2 Å². The van der Waals surface area contributed by atoms with Gasteiger partial charge >= 0.3 is 5.97 Å². The minimum atomic E-state index is -0.719. The van der Waals surface area contributed by atoms with Crippen molar-refractivity contribution in [1.29, 1.82) is 0 Å². The Labute approximate surface area is 95.5 Å². The highest BCUT2D eigenvalue weighted by atomic mass is 16.5. The zero-order valence-corrected chi connectivity index (χ0v) is 8.67. The maximum atomic E-state index is 11.6. The van der Waals surface area contributed by atoms with Gasteiger partial charge in [0.05, 0.1) is 6.26 Å². The van der Waals surface area contributed by atoms with Crippen molar-refractivity contribution in [2.24, 2.45) is 0 Å². The highest BCUT2D eigenvalue weighted by Gasteiger charge is 2.16. The van der Waals surface area contributed by atoms with Crippen LogP contribution in [0.3, 0.4) is 0 Å². The summed E-state index contributed by atoms with van der Waals surface area (Å²) in [5.41, 5.74) is -0.322. The maximum Gasteiger partial charge on any atom is 0.360 e. The molecule has 0 aliphatic carbocycles. The number of aliphatic hydroxyl groups is 1. The lowest BCUT2D eigenvalue weighted by molar-refractivity contribution is 0.0716. The molecular formula is C11H9NO5. The van der Waals surface area contributed by atoms with E-state index in [1.54, 1.807) is 12.3 Å². The number of rotatable bonds is 3. The summed E-state index contributed by atoms with van der Waals surface area (Å²) in [6.07, 6.45) is 2.68. The average Bonchev–Trinajstić information content (AvgIpc) is 2.85. The Morgan fingerprint density at radius 3 is 2.94 bits per heavy atom. The fourth-order valence-corrected chi connectivity index (χ4v) is 1.27. The van der Waals surface area contributed by atoms with Gasteiger partial charge < -0.3 is 19.2 Å². The first-order valence-electron chi connectivity index (χ1n) is 4.79. The van der Waals surface area contributed by atoms with Crippen molar-refractivity contribution < 1.29 is 19.1 Å². The van der Waals surface area contributed by atoms with Crippen LogP contribution in [-0.4, -0.2) is 16.1 Å². The van der Waals surface area contributed by atoms with Crippen LogP contribution in [0, 0.1) is 0 Å². The second-order valence-electron chi connectivity index (χ2n) is 3.17. The summed E-state index contributed by atoms with van der Waals surface area (Å²) < 4.78 is 9.74. The molecule has 17 heavy (non-hydrogen) atoms. The van der Waals surface area contributed by atoms with E-state index in [0.29, 0.717) is 0 Å². The molecule has 0 spiro atoms. The summed E-state index contributed by atoms with van der Waals surface area (Å²) in [5.74, 6) is -1.10. The Bertz CT molecular complexity index is 570. The van der Waals surface area contributed by atoms with Crippen molar-refractivity contribution in [3.8, 4) is 5.75 Å². The van der Waals surface area contributed by atoms with Crippen LogP contribution >= 0.6 is 0 Å². The van der Waals surface area contributed by atoms with Crippen LogP contribution in [0.15, 0.2) is 39.9 Å². The zero-order valence-electron chi connectivity index (χ0n) is 8.67. The van der Waals surface area contributed by atoms with Gasteiger partial charge in [-0.05, 0) is 12.1 Å². The fraction of sp³-hybridized carbons (Fsp3) is 0.0909. The van der Waals surface area contributed by atoms with E-state index in [0.717, 1.165) is 12.3 Å². The molecular weight excluding hydrogens is 226 g/mol. The molecule has 0 radical (unpaired) electrons. The summed E-state index contributed by atoms with van der Waals surface area (Å²) in [5, 5.41) is 8.95. The summed E-state index contributed by atoms with van der Waals surface area (Å²) in [4.78, 5) is 25.7. The number of hydrogen-bond acceptors (Lipinski definition) is 5. The zero-order chi connectivity index (χ0) is 12.3. The molecule has 88 valence electrons. The van der Waals surface area contributed by atoms with Gasteiger partial charge in [0.25, 0.3) is 0 Å². The predicted octanol–water partition coefficient (Wildman–Crippen LogP) is 0.679. The van der Waals surface area contributed by atoms with Gasteiger partial charge in [0, 0.05) is 12.3 Å². The Balaban J connectivity index is 2.30. The average molecular weight is 235 g/mol. The largest absolute Gasteiger partial charge is 0.463 e. The summed E-state index contributed by atoms with van der Waals surface area (Å²) in [6, 6.07) is 4.24. The lowest BCUT2D eigenvalue weighted by Gasteiger charge is -2.04. The number of aliphatic hydroxyl groups excluding tert-OH is 1. The van der Waals surface area contributed by atoms with E-state index in [-0.39, 0.29) is 17.2 Å². The van der Waals surface area contributed by atoms with Gasteiger partial charge in [0.2, 0.25) is 11.2 Å². The van der Waals surface area contributed by atoms with Crippen molar-refractivity contribution in [3.05, 3.63) is 52.3 Å². The van der Waals surface area contributed by atoms with Crippen LogP contribution in [0.25, 0.3) is 0 Å². The molecule has 2 N–H and O–H groups in total. The molecule has 2 aromatic rings. The number of ether oxygens (including phenoxy) is 1. The molecule has 0 atom stereocenters. The molecule has 0 fully saturated rings. The lowest BCUT2D eigenvalue weighted by Crippen LogP contribution is -2.16. The highest BCUT2D eigenvalue weighted by Crippen LogP contribution is 2.14. The second kappa shape index (κ2) is 4.67. The van der Waals surface area contributed by atoms with E-state index < -0.39 is 18.0 Å². The SMILES string of the molecule is O=C(Oc1c(CO)occc1=O)c1ccc[nH]1. The molecule has 0 aliphatic rings. The number of aromatic amines is 1. The molecule has 6 heteroatoms. The number of nitrogens with one attached hydrogen (secondary N) is 1. The summed E-state index contributed by atoms with van der Waals surface area (Å²) in [7, 11) is 0. The molecule has 2 aromatic heterocycles. The Kier molecular flexibility index (Phi) is 3.06. The molecule has 0 unspecified atom stereocenters. The Morgan fingerprint density at radius 2 is 2.29 bits per heavy atom. The van der Waals surface area contributed by atoms with Crippen LogP contribution in [0.4, 0.5) is 0 Å². The smallest absolute Gasteiger partial charge is 0.360 e. The van der Waals surface area contributed by atoms with E-state index >= 15 is 0 Å². The van der Waals surface area contributed by atoms with Crippen molar-refractivity contribution >= 4 is 5.97 Å². The Morgan fingerprint density at radius 1 is 1.47 bits per heavy atom. The topological polar surface area (TPSA) is 92.5 Å². The summed E-state index contributed by atoms with van der Waals surface area (Å²) in [6.45, 7) is -0.524. The third-order valence-corrected chi connectivity index (χ3v) is 2.06. The van der Waals surface area contributed by atoms with Gasteiger partial charge in [-0.2, -0.15) is 0 Å². The first-order chi connectivity index (χ1) is 8.22. The van der Waals surface area contributed by atoms with E-state index in [1.165, 1.54) is 6.07 Å². The fourth-order valence-electron chi connectivity index (χ4n) is 1.27. The molecule has 2 rings (SSSR count). The molecule has 0 saturated carbocycles. The standard InChI is InChI=1S/C11H9NO5/c13-6-9-10(8(14)3-5-16-9)17-11(15)7-2-1-4-12-7/h1-5,12-13H,6H2. The third kappa shape index (κ3) is 2.26. The monoisotopic (exact) mass is 235 g/mol. The molecule has 2 heterocycles. The summed E-state index contributed by atoms with van der Waals surface area (Å²) >= 11 is 0. The van der Waals surface area contributed by atoms with Crippen molar-refractivity contribution in [2.75, 3.05) is 0 Å². The number of H-pyrrole nitrogens is 1. The minimum absolute atomic E-state index is 0.0857. The minimum Gasteiger partial charge on any atom is -0.463 e. The number of carbonyl (C=O) groups excluding carboxylic acids is 1. The van der Waals surface area contributed by atoms with Crippen molar-refractivity contribution in [1.82, 2.24) is 4.98 Å². The lowest BCUT2D eigenvalue weighted by atomic mass is 10.3.